The van der Waals surface area contributed by atoms with Crippen LogP contribution in [0.25, 0.3) is 0 Å². The van der Waals surface area contributed by atoms with Gasteiger partial charge in [0.05, 0.1) is 6.42 Å². The van der Waals surface area contributed by atoms with Crippen molar-refractivity contribution in [3.8, 4) is 0 Å². The Bertz CT molecular complexity index is 517. The van der Waals surface area contributed by atoms with Crippen LogP contribution in [0.2, 0.25) is 5.02 Å². The van der Waals surface area contributed by atoms with E-state index in [1.165, 1.54) is 0 Å². The molecule has 1 saturated carbocycles. The van der Waals surface area contributed by atoms with Crippen LogP contribution in [-0.2, 0) is 11.3 Å². The highest BCUT2D eigenvalue weighted by Crippen LogP contribution is 2.30. The van der Waals surface area contributed by atoms with Gasteiger partial charge in [0.1, 0.15) is 0 Å². The number of aliphatic carboxylic acids is 1. The Hall–Kier alpha value is -1.75. The highest BCUT2D eigenvalue weighted by Gasteiger charge is 2.27. The molecule has 0 aliphatic heterocycles. The molecule has 1 aromatic rings. The molecule has 2 N–H and O–H groups in total. The van der Waals surface area contributed by atoms with Gasteiger partial charge in [0.25, 0.3) is 0 Å². The van der Waals surface area contributed by atoms with Crippen LogP contribution < -0.4 is 5.32 Å². The van der Waals surface area contributed by atoms with E-state index in [9.17, 15) is 9.59 Å². The number of carboxylic acid groups (broad SMARTS) is 1. The molecule has 0 aromatic heterocycles. The van der Waals surface area contributed by atoms with Crippen LogP contribution in [0.4, 0.5) is 4.79 Å². The van der Waals surface area contributed by atoms with Crippen molar-refractivity contribution in [1.82, 2.24) is 10.2 Å². The molecule has 1 aliphatic carbocycles. The summed E-state index contributed by atoms with van der Waals surface area (Å²) >= 11 is 6.14. The molecule has 0 saturated heterocycles. The molecule has 0 heterocycles. The zero-order valence-corrected chi connectivity index (χ0v) is 12.5. The summed E-state index contributed by atoms with van der Waals surface area (Å²) in [6.07, 6.45) is 2.21. The van der Waals surface area contributed by atoms with Crippen molar-refractivity contribution < 1.29 is 14.7 Å². The number of rotatable bonds is 7. The van der Waals surface area contributed by atoms with Crippen molar-refractivity contribution in [3.05, 3.63) is 34.9 Å². The SMILES string of the molecule is O=C(O)CCNC(=O)N(Cc1ccccc1Cl)CC1CC1. The number of carbonyl (C=O) groups is 2. The van der Waals surface area contributed by atoms with E-state index in [1.807, 2.05) is 18.2 Å². The van der Waals surface area contributed by atoms with E-state index in [2.05, 4.69) is 5.32 Å². The lowest BCUT2D eigenvalue weighted by atomic mass is 10.2. The van der Waals surface area contributed by atoms with Crippen molar-refractivity contribution in [3.63, 3.8) is 0 Å². The highest BCUT2D eigenvalue weighted by molar-refractivity contribution is 6.31. The fraction of sp³-hybridized carbons (Fsp3) is 0.467. The average molecular weight is 311 g/mol. The number of urea groups is 1. The lowest BCUT2D eigenvalue weighted by Crippen LogP contribution is -2.41. The maximum atomic E-state index is 12.2. The van der Waals surface area contributed by atoms with Crippen LogP contribution in [-0.4, -0.2) is 35.1 Å². The second kappa shape index (κ2) is 7.31. The van der Waals surface area contributed by atoms with Crippen LogP contribution in [0.3, 0.4) is 0 Å². The third-order valence-electron chi connectivity index (χ3n) is 3.40. The lowest BCUT2D eigenvalue weighted by molar-refractivity contribution is -0.136. The van der Waals surface area contributed by atoms with Crippen molar-refractivity contribution >= 4 is 23.6 Å². The smallest absolute Gasteiger partial charge is 0.317 e. The Morgan fingerprint density at radius 3 is 2.67 bits per heavy atom. The van der Waals surface area contributed by atoms with E-state index >= 15 is 0 Å². The number of halogens is 1. The van der Waals surface area contributed by atoms with Crippen LogP contribution >= 0.6 is 11.6 Å². The predicted octanol–water partition coefficient (Wildman–Crippen LogP) is 2.74. The second-order valence-corrected chi connectivity index (χ2v) is 5.70. The van der Waals surface area contributed by atoms with E-state index in [0.29, 0.717) is 24.0 Å². The van der Waals surface area contributed by atoms with Gasteiger partial charge in [-0.1, -0.05) is 29.8 Å². The molecule has 0 radical (unpaired) electrons. The summed E-state index contributed by atoms with van der Waals surface area (Å²) in [6.45, 7) is 1.26. The maximum absolute atomic E-state index is 12.2. The fourth-order valence-electron chi connectivity index (χ4n) is 2.05. The molecule has 0 atom stereocenters. The minimum Gasteiger partial charge on any atom is -0.481 e. The number of carboxylic acids is 1. The molecule has 0 unspecified atom stereocenters. The third-order valence-corrected chi connectivity index (χ3v) is 3.77. The highest BCUT2D eigenvalue weighted by atomic mass is 35.5. The number of hydrogen-bond acceptors (Lipinski definition) is 2. The molecule has 114 valence electrons. The summed E-state index contributed by atoms with van der Waals surface area (Å²) in [5.41, 5.74) is 0.896. The minimum atomic E-state index is -0.921. The molecule has 0 bridgehead atoms. The molecule has 1 aliphatic rings. The summed E-state index contributed by atoms with van der Waals surface area (Å²) in [4.78, 5) is 24.4. The molecular weight excluding hydrogens is 292 g/mol. The number of nitrogens with zero attached hydrogens (tertiary/aromatic N) is 1. The first-order valence-electron chi connectivity index (χ1n) is 7.04. The number of benzene rings is 1. The molecule has 5 nitrogen and oxygen atoms in total. The second-order valence-electron chi connectivity index (χ2n) is 5.29. The predicted molar refractivity (Wildman–Crippen MR) is 80.2 cm³/mol. The summed E-state index contributed by atoms with van der Waals surface area (Å²) < 4.78 is 0. The van der Waals surface area contributed by atoms with Gasteiger partial charge in [-0.2, -0.15) is 0 Å². The van der Waals surface area contributed by atoms with Crippen molar-refractivity contribution in [2.75, 3.05) is 13.1 Å². The third kappa shape index (κ3) is 5.27. The standard InChI is InChI=1S/C15H19ClN2O3/c16-13-4-2-1-3-12(13)10-18(9-11-5-6-11)15(21)17-8-7-14(19)20/h1-4,11H,5-10H2,(H,17,21)(H,19,20). The zero-order valence-electron chi connectivity index (χ0n) is 11.7. The van der Waals surface area contributed by atoms with Crippen LogP contribution in [0.1, 0.15) is 24.8 Å². The van der Waals surface area contributed by atoms with Gasteiger partial charge < -0.3 is 15.3 Å². The maximum Gasteiger partial charge on any atom is 0.317 e. The van der Waals surface area contributed by atoms with E-state index in [4.69, 9.17) is 16.7 Å². The lowest BCUT2D eigenvalue weighted by Gasteiger charge is -2.23. The van der Waals surface area contributed by atoms with E-state index in [-0.39, 0.29) is 19.0 Å². The van der Waals surface area contributed by atoms with Crippen molar-refractivity contribution in [2.45, 2.75) is 25.8 Å². The normalized spacial score (nSPS) is 13.8. The van der Waals surface area contributed by atoms with Gasteiger partial charge in [-0.15, -0.1) is 0 Å². The van der Waals surface area contributed by atoms with Gasteiger partial charge in [0, 0.05) is 24.7 Å². The van der Waals surface area contributed by atoms with Gasteiger partial charge in [-0.3, -0.25) is 4.79 Å². The number of hydrogen-bond donors (Lipinski definition) is 2. The summed E-state index contributed by atoms with van der Waals surface area (Å²) in [7, 11) is 0. The zero-order chi connectivity index (χ0) is 15.2. The van der Waals surface area contributed by atoms with Crippen LogP contribution in [0.5, 0.6) is 0 Å². The molecule has 1 fully saturated rings. The van der Waals surface area contributed by atoms with Gasteiger partial charge in [-0.05, 0) is 30.4 Å². The molecule has 1 aromatic carbocycles. The number of nitrogens with one attached hydrogen (secondary N) is 1. The summed E-state index contributed by atoms with van der Waals surface area (Å²) in [6, 6.07) is 7.20. The Balaban J connectivity index is 1.95. The van der Waals surface area contributed by atoms with E-state index in [0.717, 1.165) is 18.4 Å². The Morgan fingerprint density at radius 1 is 1.33 bits per heavy atom. The first-order chi connectivity index (χ1) is 10.1. The van der Waals surface area contributed by atoms with Gasteiger partial charge in [0.2, 0.25) is 0 Å². The molecule has 6 heteroatoms. The van der Waals surface area contributed by atoms with Crippen LogP contribution in [0, 0.1) is 5.92 Å². The average Bonchev–Trinajstić information content (AvgIpc) is 3.24. The molecule has 0 spiro atoms. The summed E-state index contributed by atoms with van der Waals surface area (Å²) in [5.74, 6) is -0.368. The van der Waals surface area contributed by atoms with Gasteiger partial charge >= 0.3 is 12.0 Å². The van der Waals surface area contributed by atoms with Crippen molar-refractivity contribution in [1.29, 1.82) is 0 Å². The Labute approximate surface area is 128 Å². The minimum absolute atomic E-state index is 0.0743. The molecule has 2 amide bonds. The van der Waals surface area contributed by atoms with Gasteiger partial charge in [-0.25, -0.2) is 4.79 Å². The first kappa shape index (κ1) is 15.6. The van der Waals surface area contributed by atoms with Gasteiger partial charge in [0.15, 0.2) is 0 Å². The largest absolute Gasteiger partial charge is 0.481 e. The van der Waals surface area contributed by atoms with E-state index in [1.54, 1.807) is 11.0 Å². The number of amides is 2. The van der Waals surface area contributed by atoms with Crippen LogP contribution in [0.15, 0.2) is 24.3 Å². The molecule has 2 rings (SSSR count). The summed E-state index contributed by atoms with van der Waals surface area (Å²) in [5, 5.41) is 11.9. The topological polar surface area (TPSA) is 69.6 Å². The Kier molecular flexibility index (Phi) is 5.44. The molecule has 21 heavy (non-hydrogen) atoms. The Morgan fingerprint density at radius 2 is 2.05 bits per heavy atom. The molecular formula is C15H19ClN2O3. The monoisotopic (exact) mass is 310 g/mol. The fourth-order valence-corrected chi connectivity index (χ4v) is 2.25. The van der Waals surface area contributed by atoms with E-state index < -0.39 is 5.97 Å². The number of carbonyl (C=O) groups excluding carboxylic acids is 1. The quantitative estimate of drug-likeness (QED) is 0.813. The first-order valence-corrected chi connectivity index (χ1v) is 7.42. The van der Waals surface area contributed by atoms with Crippen molar-refractivity contribution in [2.24, 2.45) is 5.92 Å².